The van der Waals surface area contributed by atoms with Gasteiger partial charge < -0.3 is 15.0 Å². The first-order chi connectivity index (χ1) is 8.13. The zero-order valence-corrected chi connectivity index (χ0v) is 10.7. The first-order valence-corrected chi connectivity index (χ1v) is 6.17. The lowest BCUT2D eigenvalue weighted by Gasteiger charge is -2.21. The van der Waals surface area contributed by atoms with Crippen LogP contribution in [-0.2, 0) is 14.3 Å². The van der Waals surface area contributed by atoms with Crippen LogP contribution in [0.1, 0.15) is 32.6 Å². The van der Waals surface area contributed by atoms with E-state index in [0.29, 0.717) is 19.2 Å². The molecule has 5 nitrogen and oxygen atoms in total. The fourth-order valence-electron chi connectivity index (χ4n) is 2.07. The van der Waals surface area contributed by atoms with Gasteiger partial charge in [-0.15, -0.1) is 0 Å². The summed E-state index contributed by atoms with van der Waals surface area (Å²) < 4.78 is 4.91. The molecule has 2 amide bonds. The van der Waals surface area contributed by atoms with Crippen LogP contribution in [0.2, 0.25) is 0 Å². The van der Waals surface area contributed by atoms with Gasteiger partial charge in [0.15, 0.2) is 0 Å². The summed E-state index contributed by atoms with van der Waals surface area (Å²) in [5.74, 6) is -0.160. The van der Waals surface area contributed by atoms with Gasteiger partial charge in [-0.1, -0.05) is 12.8 Å². The maximum absolute atomic E-state index is 11.7. The third-order valence-corrected chi connectivity index (χ3v) is 3.07. The van der Waals surface area contributed by atoms with E-state index < -0.39 is 0 Å². The summed E-state index contributed by atoms with van der Waals surface area (Å²) in [6, 6.07) is 0.304. The molecule has 1 aliphatic rings. The van der Waals surface area contributed by atoms with Crippen molar-refractivity contribution in [1.29, 1.82) is 0 Å². The SMILES string of the molecule is COCCN(CC(=O)NC1CCCC1)C(C)=O. The Bertz CT molecular complexity index is 262. The molecule has 0 spiro atoms. The van der Waals surface area contributed by atoms with Crippen LogP contribution in [-0.4, -0.2) is 49.6 Å². The van der Waals surface area contributed by atoms with Crippen LogP contribution in [0.3, 0.4) is 0 Å². The molecule has 0 aliphatic heterocycles. The van der Waals surface area contributed by atoms with Gasteiger partial charge in [0.2, 0.25) is 11.8 Å². The van der Waals surface area contributed by atoms with Crippen LogP contribution in [0.15, 0.2) is 0 Å². The molecule has 0 radical (unpaired) electrons. The van der Waals surface area contributed by atoms with Crippen LogP contribution in [0.4, 0.5) is 0 Å². The Hall–Kier alpha value is -1.10. The highest BCUT2D eigenvalue weighted by Gasteiger charge is 2.19. The van der Waals surface area contributed by atoms with Gasteiger partial charge in [0, 0.05) is 26.6 Å². The summed E-state index contributed by atoms with van der Waals surface area (Å²) in [4.78, 5) is 24.6. The number of hydrogen-bond donors (Lipinski definition) is 1. The maximum atomic E-state index is 11.7. The fraction of sp³-hybridized carbons (Fsp3) is 0.833. The number of nitrogens with zero attached hydrogens (tertiary/aromatic N) is 1. The minimum atomic E-state index is -0.0939. The largest absolute Gasteiger partial charge is 0.383 e. The molecule has 1 rings (SSSR count). The van der Waals surface area contributed by atoms with E-state index in [2.05, 4.69) is 5.32 Å². The molecule has 0 unspecified atom stereocenters. The van der Waals surface area contributed by atoms with Crippen LogP contribution >= 0.6 is 0 Å². The van der Waals surface area contributed by atoms with Crippen LogP contribution in [0.5, 0.6) is 0 Å². The summed E-state index contributed by atoms with van der Waals surface area (Å²) in [6.07, 6.45) is 4.49. The molecular weight excluding hydrogens is 220 g/mol. The number of hydrogen-bond acceptors (Lipinski definition) is 3. The van der Waals surface area contributed by atoms with Gasteiger partial charge >= 0.3 is 0 Å². The zero-order chi connectivity index (χ0) is 12.7. The lowest BCUT2D eigenvalue weighted by Crippen LogP contribution is -2.43. The van der Waals surface area contributed by atoms with Gasteiger partial charge in [-0.2, -0.15) is 0 Å². The lowest BCUT2D eigenvalue weighted by atomic mass is 10.2. The monoisotopic (exact) mass is 242 g/mol. The van der Waals surface area contributed by atoms with E-state index in [9.17, 15) is 9.59 Å². The minimum absolute atomic E-state index is 0.0665. The van der Waals surface area contributed by atoms with E-state index >= 15 is 0 Å². The Labute approximate surface area is 102 Å². The van der Waals surface area contributed by atoms with Crippen molar-refractivity contribution < 1.29 is 14.3 Å². The molecule has 1 aliphatic carbocycles. The molecule has 0 aromatic carbocycles. The number of carbonyl (C=O) groups is 2. The lowest BCUT2D eigenvalue weighted by molar-refractivity contribution is -0.135. The summed E-state index contributed by atoms with van der Waals surface area (Å²) >= 11 is 0. The van der Waals surface area contributed by atoms with Crippen molar-refractivity contribution in [2.45, 2.75) is 38.6 Å². The molecule has 17 heavy (non-hydrogen) atoms. The maximum Gasteiger partial charge on any atom is 0.239 e. The third-order valence-electron chi connectivity index (χ3n) is 3.07. The van der Waals surface area contributed by atoms with Crippen molar-refractivity contribution in [3.63, 3.8) is 0 Å². The van der Waals surface area contributed by atoms with Gasteiger partial charge in [-0.25, -0.2) is 0 Å². The smallest absolute Gasteiger partial charge is 0.239 e. The van der Waals surface area contributed by atoms with E-state index in [-0.39, 0.29) is 18.4 Å². The minimum Gasteiger partial charge on any atom is -0.383 e. The van der Waals surface area contributed by atoms with E-state index in [1.165, 1.54) is 24.7 Å². The van der Waals surface area contributed by atoms with Gasteiger partial charge in [0.25, 0.3) is 0 Å². The average molecular weight is 242 g/mol. The molecule has 5 heteroatoms. The highest BCUT2D eigenvalue weighted by atomic mass is 16.5. The second kappa shape index (κ2) is 7.27. The molecule has 0 bridgehead atoms. The molecule has 1 fully saturated rings. The molecule has 0 saturated heterocycles. The quantitative estimate of drug-likeness (QED) is 0.739. The predicted molar refractivity (Wildman–Crippen MR) is 64.5 cm³/mol. The number of methoxy groups -OCH3 is 1. The van der Waals surface area contributed by atoms with Gasteiger partial charge in [0.1, 0.15) is 0 Å². The highest BCUT2D eigenvalue weighted by Crippen LogP contribution is 2.17. The third kappa shape index (κ3) is 5.17. The van der Waals surface area contributed by atoms with Crippen LogP contribution < -0.4 is 5.32 Å². The average Bonchev–Trinajstić information content (AvgIpc) is 2.76. The van der Waals surface area contributed by atoms with Gasteiger partial charge in [-0.3, -0.25) is 9.59 Å². The van der Waals surface area contributed by atoms with E-state index in [1.54, 1.807) is 7.11 Å². The summed E-state index contributed by atoms with van der Waals surface area (Å²) in [7, 11) is 1.58. The fourth-order valence-corrected chi connectivity index (χ4v) is 2.07. The first kappa shape index (κ1) is 14.0. The zero-order valence-electron chi connectivity index (χ0n) is 10.7. The molecule has 0 atom stereocenters. The van der Waals surface area contributed by atoms with Crippen molar-refractivity contribution in [3.8, 4) is 0 Å². The standard InChI is InChI=1S/C12H22N2O3/c1-10(15)14(7-8-17-2)9-12(16)13-11-5-3-4-6-11/h11H,3-9H2,1-2H3,(H,13,16). The van der Waals surface area contributed by atoms with E-state index in [0.717, 1.165) is 12.8 Å². The molecule has 0 aromatic rings. The molecule has 1 N–H and O–H groups in total. The number of carbonyl (C=O) groups excluding carboxylic acids is 2. The molecule has 0 aromatic heterocycles. The number of ether oxygens (including phenoxy) is 1. The van der Waals surface area contributed by atoms with Crippen LogP contribution in [0.25, 0.3) is 0 Å². The van der Waals surface area contributed by atoms with Crippen molar-refractivity contribution in [2.24, 2.45) is 0 Å². The van der Waals surface area contributed by atoms with Crippen molar-refractivity contribution in [1.82, 2.24) is 10.2 Å². The Morgan fingerprint density at radius 2 is 2.00 bits per heavy atom. The van der Waals surface area contributed by atoms with E-state index in [4.69, 9.17) is 4.74 Å². The molecule has 98 valence electrons. The summed E-state index contributed by atoms with van der Waals surface area (Å²) in [5, 5.41) is 2.97. The second-order valence-electron chi connectivity index (χ2n) is 4.48. The summed E-state index contributed by atoms with van der Waals surface area (Å²) in [6.45, 7) is 2.52. The Morgan fingerprint density at radius 3 is 2.53 bits per heavy atom. The Balaban J connectivity index is 2.32. The Kier molecular flexibility index (Phi) is 5.97. The number of rotatable bonds is 6. The second-order valence-corrected chi connectivity index (χ2v) is 4.48. The predicted octanol–water partition coefficient (Wildman–Crippen LogP) is 0.540. The summed E-state index contributed by atoms with van der Waals surface area (Å²) in [5.41, 5.74) is 0. The van der Waals surface area contributed by atoms with Gasteiger partial charge in [0.05, 0.1) is 13.2 Å². The first-order valence-electron chi connectivity index (χ1n) is 6.17. The van der Waals surface area contributed by atoms with E-state index in [1.807, 2.05) is 0 Å². The van der Waals surface area contributed by atoms with Crippen LogP contribution in [0, 0.1) is 0 Å². The normalized spacial score (nSPS) is 15.9. The molecule has 1 saturated carbocycles. The Morgan fingerprint density at radius 1 is 1.35 bits per heavy atom. The van der Waals surface area contributed by atoms with Gasteiger partial charge in [-0.05, 0) is 12.8 Å². The van der Waals surface area contributed by atoms with Crippen molar-refractivity contribution >= 4 is 11.8 Å². The topological polar surface area (TPSA) is 58.6 Å². The highest BCUT2D eigenvalue weighted by molar-refractivity contribution is 5.83. The number of nitrogens with one attached hydrogen (secondary N) is 1. The molecule has 0 heterocycles. The molecular formula is C12H22N2O3. The van der Waals surface area contributed by atoms with Crippen molar-refractivity contribution in [2.75, 3.05) is 26.8 Å². The van der Waals surface area contributed by atoms with Crippen molar-refractivity contribution in [3.05, 3.63) is 0 Å². The number of amides is 2.